The van der Waals surface area contributed by atoms with E-state index in [4.69, 9.17) is 4.74 Å². The molecule has 1 heterocycles. The van der Waals surface area contributed by atoms with E-state index in [9.17, 15) is 30.8 Å². The quantitative estimate of drug-likeness (QED) is 0.754. The Labute approximate surface area is 164 Å². The first-order chi connectivity index (χ1) is 13.6. The van der Waals surface area contributed by atoms with Crippen LogP contribution in [0.4, 0.5) is 23.2 Å². The van der Waals surface area contributed by atoms with Crippen LogP contribution in [0.25, 0.3) is 0 Å². The van der Waals surface area contributed by atoms with Crippen LogP contribution >= 0.6 is 0 Å². The van der Waals surface area contributed by atoms with Crippen LogP contribution in [0.5, 0.6) is 0 Å². The van der Waals surface area contributed by atoms with Gasteiger partial charge in [-0.25, -0.2) is 12.8 Å². The molecule has 0 spiro atoms. The summed E-state index contributed by atoms with van der Waals surface area (Å²) in [6.45, 7) is 0.810. The molecule has 0 bridgehead atoms. The van der Waals surface area contributed by atoms with Gasteiger partial charge in [-0.05, 0) is 36.4 Å². The summed E-state index contributed by atoms with van der Waals surface area (Å²) in [6.07, 6.45) is -4.71. The summed E-state index contributed by atoms with van der Waals surface area (Å²) in [5, 5.41) is 2.05. The Morgan fingerprint density at radius 3 is 2.41 bits per heavy atom. The smallest absolute Gasteiger partial charge is 0.379 e. The number of anilines is 1. The van der Waals surface area contributed by atoms with Crippen molar-refractivity contribution in [1.29, 1.82) is 0 Å². The minimum Gasteiger partial charge on any atom is -0.379 e. The number of sulfonamides is 1. The van der Waals surface area contributed by atoms with Crippen molar-refractivity contribution >= 4 is 21.6 Å². The first-order valence-corrected chi connectivity index (χ1v) is 9.89. The van der Waals surface area contributed by atoms with Crippen molar-refractivity contribution < 1.29 is 35.5 Å². The molecule has 1 fully saturated rings. The van der Waals surface area contributed by atoms with E-state index in [1.165, 1.54) is 22.5 Å². The second-order valence-electron chi connectivity index (χ2n) is 6.19. The van der Waals surface area contributed by atoms with Gasteiger partial charge < -0.3 is 10.1 Å². The molecule has 3 rings (SSSR count). The number of morpholine rings is 1. The lowest BCUT2D eigenvalue weighted by Crippen LogP contribution is -2.40. The first kappa shape index (κ1) is 21.2. The van der Waals surface area contributed by atoms with Crippen LogP contribution in [0.3, 0.4) is 0 Å². The number of ether oxygens (including phenoxy) is 1. The summed E-state index contributed by atoms with van der Waals surface area (Å²) in [6, 6.07) is 6.61. The van der Waals surface area contributed by atoms with Crippen LogP contribution in [-0.4, -0.2) is 44.9 Å². The SMILES string of the molecule is O=C(Nc1cc(C(F)(F)F)ccc1F)c1cccc(S(=O)(=O)N2CCOCC2)c1. The molecule has 0 aliphatic carbocycles. The molecule has 0 unspecified atom stereocenters. The molecule has 156 valence electrons. The Balaban J connectivity index is 1.85. The van der Waals surface area contributed by atoms with Gasteiger partial charge in [0, 0.05) is 18.7 Å². The van der Waals surface area contributed by atoms with E-state index in [0.717, 1.165) is 6.07 Å². The van der Waals surface area contributed by atoms with Gasteiger partial charge >= 0.3 is 6.18 Å². The van der Waals surface area contributed by atoms with Crippen LogP contribution < -0.4 is 5.32 Å². The predicted octanol–water partition coefficient (Wildman–Crippen LogP) is 3.12. The zero-order chi connectivity index (χ0) is 21.2. The molecule has 0 radical (unpaired) electrons. The van der Waals surface area contributed by atoms with Crippen molar-refractivity contribution in [2.45, 2.75) is 11.1 Å². The minimum absolute atomic E-state index is 0.142. The number of halogens is 4. The number of rotatable bonds is 4. The van der Waals surface area contributed by atoms with Gasteiger partial charge in [0.15, 0.2) is 0 Å². The molecule has 1 amide bonds. The summed E-state index contributed by atoms with van der Waals surface area (Å²) in [4.78, 5) is 12.2. The van der Waals surface area contributed by atoms with Gasteiger partial charge in [-0.2, -0.15) is 17.5 Å². The maximum absolute atomic E-state index is 13.8. The number of alkyl halides is 3. The Morgan fingerprint density at radius 1 is 1.07 bits per heavy atom. The number of carbonyl (C=O) groups excluding carboxylic acids is 1. The van der Waals surface area contributed by atoms with Crippen molar-refractivity contribution in [1.82, 2.24) is 4.31 Å². The fourth-order valence-corrected chi connectivity index (χ4v) is 4.18. The Kier molecular flexibility index (Phi) is 5.92. The lowest BCUT2D eigenvalue weighted by molar-refractivity contribution is -0.137. The molecule has 1 aliphatic rings. The highest BCUT2D eigenvalue weighted by atomic mass is 32.2. The highest BCUT2D eigenvalue weighted by molar-refractivity contribution is 7.89. The summed E-state index contributed by atoms with van der Waals surface area (Å²) < 4.78 is 84.0. The highest BCUT2D eigenvalue weighted by Crippen LogP contribution is 2.32. The zero-order valence-corrected chi connectivity index (χ0v) is 15.7. The third-order valence-corrected chi connectivity index (χ3v) is 6.14. The summed E-state index contributed by atoms with van der Waals surface area (Å²) in [7, 11) is -3.87. The van der Waals surface area contributed by atoms with Crippen molar-refractivity contribution in [3.63, 3.8) is 0 Å². The third-order valence-electron chi connectivity index (χ3n) is 4.25. The molecule has 1 saturated heterocycles. The van der Waals surface area contributed by atoms with Crippen LogP contribution in [0.2, 0.25) is 0 Å². The van der Waals surface area contributed by atoms with E-state index in [1.807, 2.05) is 0 Å². The summed E-state index contributed by atoms with van der Waals surface area (Å²) in [5.41, 5.74) is -1.93. The van der Waals surface area contributed by atoms with E-state index in [-0.39, 0.29) is 36.8 Å². The average molecular weight is 432 g/mol. The normalized spacial score (nSPS) is 15.9. The molecular weight excluding hydrogens is 416 g/mol. The predicted molar refractivity (Wildman–Crippen MR) is 95.4 cm³/mol. The summed E-state index contributed by atoms with van der Waals surface area (Å²) in [5.74, 6) is -1.99. The van der Waals surface area contributed by atoms with Crippen LogP contribution in [0.1, 0.15) is 15.9 Å². The number of hydrogen-bond donors (Lipinski definition) is 1. The molecule has 2 aromatic rings. The Hall–Kier alpha value is -2.50. The van der Waals surface area contributed by atoms with Gasteiger partial charge in [-0.1, -0.05) is 6.07 Å². The fraction of sp³-hybridized carbons (Fsp3) is 0.278. The van der Waals surface area contributed by atoms with Crippen molar-refractivity contribution in [3.05, 3.63) is 59.4 Å². The van der Waals surface area contributed by atoms with E-state index >= 15 is 0 Å². The van der Waals surface area contributed by atoms with Gasteiger partial charge in [0.25, 0.3) is 5.91 Å². The standard InChI is InChI=1S/C18H16F4N2O4S/c19-15-5-4-13(18(20,21)22)11-16(15)23-17(25)12-2-1-3-14(10-12)29(26,27)24-6-8-28-9-7-24/h1-5,10-11H,6-9H2,(H,23,25). The monoisotopic (exact) mass is 432 g/mol. The van der Waals surface area contributed by atoms with Gasteiger partial charge in [0.2, 0.25) is 10.0 Å². The van der Waals surface area contributed by atoms with E-state index < -0.39 is 39.2 Å². The molecule has 0 saturated carbocycles. The molecule has 1 aliphatic heterocycles. The van der Waals surface area contributed by atoms with Gasteiger partial charge in [0.1, 0.15) is 5.82 Å². The molecule has 29 heavy (non-hydrogen) atoms. The van der Waals surface area contributed by atoms with Crippen LogP contribution in [0.15, 0.2) is 47.4 Å². The molecule has 2 aromatic carbocycles. The lowest BCUT2D eigenvalue weighted by atomic mass is 10.1. The van der Waals surface area contributed by atoms with Crippen molar-refractivity contribution in [3.8, 4) is 0 Å². The Morgan fingerprint density at radius 2 is 1.76 bits per heavy atom. The van der Waals surface area contributed by atoms with Crippen molar-refractivity contribution in [2.75, 3.05) is 31.6 Å². The zero-order valence-electron chi connectivity index (χ0n) is 14.9. The van der Waals surface area contributed by atoms with E-state index in [1.54, 1.807) is 0 Å². The number of nitrogens with zero attached hydrogens (tertiary/aromatic N) is 1. The van der Waals surface area contributed by atoms with Gasteiger partial charge in [-0.15, -0.1) is 0 Å². The van der Waals surface area contributed by atoms with Gasteiger partial charge in [0.05, 0.1) is 29.4 Å². The largest absolute Gasteiger partial charge is 0.416 e. The van der Waals surface area contributed by atoms with Crippen molar-refractivity contribution in [2.24, 2.45) is 0 Å². The van der Waals surface area contributed by atoms with E-state index in [0.29, 0.717) is 18.2 Å². The number of hydrogen-bond acceptors (Lipinski definition) is 4. The van der Waals surface area contributed by atoms with Crippen LogP contribution in [-0.2, 0) is 20.9 Å². The summed E-state index contributed by atoms with van der Waals surface area (Å²) >= 11 is 0. The number of amides is 1. The van der Waals surface area contributed by atoms with Crippen LogP contribution in [0, 0.1) is 5.82 Å². The molecule has 6 nitrogen and oxygen atoms in total. The average Bonchev–Trinajstić information content (AvgIpc) is 2.69. The molecule has 1 N–H and O–H groups in total. The third kappa shape index (κ3) is 4.74. The topological polar surface area (TPSA) is 75.7 Å². The number of carbonyl (C=O) groups is 1. The fourth-order valence-electron chi connectivity index (χ4n) is 2.73. The minimum atomic E-state index is -4.71. The Bertz CT molecular complexity index is 1020. The molecular formula is C18H16F4N2O4S. The lowest BCUT2D eigenvalue weighted by Gasteiger charge is -2.26. The van der Waals surface area contributed by atoms with E-state index in [2.05, 4.69) is 5.32 Å². The highest BCUT2D eigenvalue weighted by Gasteiger charge is 2.31. The number of nitrogens with one attached hydrogen (secondary N) is 1. The molecule has 0 aromatic heterocycles. The number of benzene rings is 2. The first-order valence-electron chi connectivity index (χ1n) is 8.45. The van der Waals surface area contributed by atoms with Gasteiger partial charge in [-0.3, -0.25) is 4.79 Å². The molecule has 11 heteroatoms. The second kappa shape index (κ2) is 8.09. The molecule has 0 atom stereocenters. The maximum atomic E-state index is 13.8. The maximum Gasteiger partial charge on any atom is 0.416 e. The second-order valence-corrected chi connectivity index (χ2v) is 8.13.